The van der Waals surface area contributed by atoms with Crippen molar-refractivity contribution < 1.29 is 19.4 Å². The summed E-state index contributed by atoms with van der Waals surface area (Å²) in [5.41, 5.74) is 0. The molecule has 0 radical (unpaired) electrons. The Hall–Kier alpha value is -1.10. The van der Waals surface area contributed by atoms with Crippen molar-refractivity contribution >= 4 is 11.9 Å². The van der Waals surface area contributed by atoms with Crippen LogP contribution in [-0.2, 0) is 14.3 Å². The van der Waals surface area contributed by atoms with E-state index in [1.165, 1.54) is 32.1 Å². The zero-order valence-electron chi connectivity index (χ0n) is 13.9. The highest BCUT2D eigenvalue weighted by molar-refractivity contribution is 5.82. The van der Waals surface area contributed by atoms with E-state index in [-0.39, 0.29) is 24.3 Å². The van der Waals surface area contributed by atoms with Crippen LogP contribution in [0.15, 0.2) is 0 Å². The molecule has 1 amide bonds. The van der Waals surface area contributed by atoms with E-state index in [0.29, 0.717) is 25.7 Å². The quantitative estimate of drug-likeness (QED) is 0.816. The molecule has 2 saturated carbocycles. The van der Waals surface area contributed by atoms with E-state index < -0.39 is 5.97 Å². The van der Waals surface area contributed by atoms with Crippen LogP contribution in [0.4, 0.5) is 0 Å². The number of ether oxygens (including phenoxy) is 1. The van der Waals surface area contributed by atoms with E-state index in [1.54, 1.807) is 0 Å². The Kier molecular flexibility index (Phi) is 5.57. The van der Waals surface area contributed by atoms with Crippen molar-refractivity contribution in [3.05, 3.63) is 0 Å². The standard InChI is InChI=1S/C18H29NO4/c20-17(21)6-9-19(14-7-10-23-11-8-14)18(22)16-12-15(16)13-4-2-1-3-5-13/h13-16H,1-12H2,(H,20,21)/t15-,16+/m0/s1. The van der Waals surface area contributed by atoms with Crippen LogP contribution in [0, 0.1) is 17.8 Å². The lowest BCUT2D eigenvalue weighted by Crippen LogP contribution is -2.45. The Morgan fingerprint density at radius 2 is 1.74 bits per heavy atom. The third-order valence-corrected chi connectivity index (χ3v) is 5.89. The van der Waals surface area contributed by atoms with Crippen molar-refractivity contribution in [3.8, 4) is 0 Å². The molecule has 2 aliphatic carbocycles. The summed E-state index contributed by atoms with van der Waals surface area (Å²) in [5, 5.41) is 8.99. The fraction of sp³-hybridized carbons (Fsp3) is 0.889. The van der Waals surface area contributed by atoms with Gasteiger partial charge in [-0.2, -0.15) is 0 Å². The highest BCUT2D eigenvalue weighted by Crippen LogP contribution is 2.50. The van der Waals surface area contributed by atoms with Crippen molar-refractivity contribution in [2.45, 2.75) is 63.8 Å². The summed E-state index contributed by atoms with van der Waals surface area (Å²) >= 11 is 0. The Balaban J connectivity index is 1.59. The second-order valence-corrected chi connectivity index (χ2v) is 7.42. The van der Waals surface area contributed by atoms with Gasteiger partial charge in [0.15, 0.2) is 0 Å². The lowest BCUT2D eigenvalue weighted by Gasteiger charge is -2.34. The number of carboxylic acids is 1. The van der Waals surface area contributed by atoms with Crippen molar-refractivity contribution in [1.82, 2.24) is 4.90 Å². The van der Waals surface area contributed by atoms with E-state index in [0.717, 1.165) is 25.2 Å². The second-order valence-electron chi connectivity index (χ2n) is 7.42. The first-order chi connectivity index (χ1) is 11.2. The number of rotatable bonds is 6. The van der Waals surface area contributed by atoms with Crippen LogP contribution in [0.2, 0.25) is 0 Å². The highest BCUT2D eigenvalue weighted by Gasteiger charge is 2.49. The molecule has 3 fully saturated rings. The number of hydrogen-bond acceptors (Lipinski definition) is 3. The van der Waals surface area contributed by atoms with Gasteiger partial charge in [0.25, 0.3) is 0 Å². The monoisotopic (exact) mass is 323 g/mol. The molecular weight excluding hydrogens is 294 g/mol. The fourth-order valence-corrected chi connectivity index (χ4v) is 4.48. The number of carboxylic acid groups (broad SMARTS) is 1. The minimum absolute atomic E-state index is 0.0455. The topological polar surface area (TPSA) is 66.8 Å². The number of nitrogens with zero attached hydrogens (tertiary/aromatic N) is 1. The van der Waals surface area contributed by atoms with Gasteiger partial charge in [-0.05, 0) is 31.1 Å². The molecule has 5 heteroatoms. The predicted molar refractivity (Wildman–Crippen MR) is 86.0 cm³/mol. The summed E-state index contributed by atoms with van der Waals surface area (Å²) in [7, 11) is 0. The molecule has 1 saturated heterocycles. The Bertz CT molecular complexity index is 427. The van der Waals surface area contributed by atoms with Crippen LogP contribution in [-0.4, -0.2) is 47.7 Å². The molecule has 130 valence electrons. The third-order valence-electron chi connectivity index (χ3n) is 5.89. The molecule has 23 heavy (non-hydrogen) atoms. The van der Waals surface area contributed by atoms with Gasteiger partial charge in [0.2, 0.25) is 5.91 Å². The van der Waals surface area contributed by atoms with Crippen LogP contribution in [0.5, 0.6) is 0 Å². The van der Waals surface area contributed by atoms with Gasteiger partial charge in [-0.1, -0.05) is 32.1 Å². The molecule has 0 bridgehead atoms. The minimum atomic E-state index is -0.825. The van der Waals surface area contributed by atoms with Crippen LogP contribution in [0.25, 0.3) is 0 Å². The van der Waals surface area contributed by atoms with Crippen LogP contribution in [0.1, 0.15) is 57.8 Å². The summed E-state index contributed by atoms with van der Waals surface area (Å²) in [6.07, 6.45) is 9.27. The first kappa shape index (κ1) is 16.7. The maximum Gasteiger partial charge on any atom is 0.305 e. The largest absolute Gasteiger partial charge is 0.481 e. The molecular formula is C18H29NO4. The van der Waals surface area contributed by atoms with Gasteiger partial charge >= 0.3 is 5.97 Å². The molecule has 5 nitrogen and oxygen atoms in total. The number of carbonyl (C=O) groups is 2. The molecule has 0 spiro atoms. The molecule has 3 aliphatic rings. The van der Waals surface area contributed by atoms with Gasteiger partial charge in [-0.15, -0.1) is 0 Å². The van der Waals surface area contributed by atoms with Crippen LogP contribution < -0.4 is 0 Å². The van der Waals surface area contributed by atoms with E-state index in [1.807, 2.05) is 4.90 Å². The van der Waals surface area contributed by atoms with Gasteiger partial charge in [0.1, 0.15) is 0 Å². The lowest BCUT2D eigenvalue weighted by molar-refractivity contribution is -0.141. The summed E-state index contributed by atoms with van der Waals surface area (Å²) in [6, 6.07) is 0.170. The second kappa shape index (κ2) is 7.65. The van der Waals surface area contributed by atoms with E-state index >= 15 is 0 Å². The number of aliphatic carboxylic acids is 1. The number of amides is 1. The van der Waals surface area contributed by atoms with Crippen molar-refractivity contribution in [1.29, 1.82) is 0 Å². The molecule has 0 aromatic rings. The summed E-state index contributed by atoms with van der Waals surface area (Å²) in [6.45, 7) is 1.71. The maximum absolute atomic E-state index is 13.0. The molecule has 1 N–H and O–H groups in total. The molecule has 0 aromatic heterocycles. The summed E-state index contributed by atoms with van der Waals surface area (Å²) in [4.78, 5) is 25.8. The first-order valence-corrected chi connectivity index (χ1v) is 9.27. The van der Waals surface area contributed by atoms with Crippen molar-refractivity contribution in [2.24, 2.45) is 17.8 Å². The van der Waals surface area contributed by atoms with E-state index in [9.17, 15) is 9.59 Å². The van der Waals surface area contributed by atoms with E-state index in [4.69, 9.17) is 9.84 Å². The SMILES string of the molecule is O=C(O)CCN(C(=O)[C@@H]1C[C@H]1C1CCCCC1)C1CCOCC1. The molecule has 2 atom stereocenters. The van der Waals surface area contributed by atoms with Crippen LogP contribution >= 0.6 is 0 Å². The molecule has 0 unspecified atom stereocenters. The van der Waals surface area contributed by atoms with Gasteiger partial charge in [0.05, 0.1) is 6.42 Å². The fourth-order valence-electron chi connectivity index (χ4n) is 4.48. The first-order valence-electron chi connectivity index (χ1n) is 9.27. The van der Waals surface area contributed by atoms with Gasteiger partial charge < -0.3 is 14.7 Å². The number of hydrogen-bond donors (Lipinski definition) is 1. The maximum atomic E-state index is 13.0. The zero-order valence-corrected chi connectivity index (χ0v) is 13.9. The minimum Gasteiger partial charge on any atom is -0.481 e. The summed E-state index contributed by atoms with van der Waals surface area (Å²) in [5.74, 6) is 0.849. The van der Waals surface area contributed by atoms with Crippen LogP contribution in [0.3, 0.4) is 0 Å². The third kappa shape index (κ3) is 4.25. The van der Waals surface area contributed by atoms with E-state index in [2.05, 4.69) is 0 Å². The molecule has 1 aliphatic heterocycles. The number of carbonyl (C=O) groups excluding carboxylic acids is 1. The predicted octanol–water partition coefficient (Wildman–Crippen LogP) is 2.69. The van der Waals surface area contributed by atoms with Crippen molar-refractivity contribution in [2.75, 3.05) is 19.8 Å². The Morgan fingerprint density at radius 3 is 2.39 bits per heavy atom. The lowest BCUT2D eigenvalue weighted by atomic mass is 9.85. The molecule has 3 rings (SSSR count). The summed E-state index contributed by atoms with van der Waals surface area (Å²) < 4.78 is 5.39. The smallest absolute Gasteiger partial charge is 0.305 e. The van der Waals surface area contributed by atoms with Gasteiger partial charge in [-0.3, -0.25) is 9.59 Å². The Labute approximate surface area is 138 Å². The van der Waals surface area contributed by atoms with Gasteiger partial charge in [0, 0.05) is 31.7 Å². The molecule has 0 aromatic carbocycles. The Morgan fingerprint density at radius 1 is 1.04 bits per heavy atom. The normalized spacial score (nSPS) is 29.2. The van der Waals surface area contributed by atoms with Gasteiger partial charge in [-0.25, -0.2) is 0 Å². The average molecular weight is 323 g/mol. The van der Waals surface area contributed by atoms with Crippen molar-refractivity contribution in [3.63, 3.8) is 0 Å². The zero-order chi connectivity index (χ0) is 16.2. The average Bonchev–Trinajstić information content (AvgIpc) is 3.37. The highest BCUT2D eigenvalue weighted by atomic mass is 16.5. The molecule has 1 heterocycles.